The number of carboxylic acids is 1. The maximum absolute atomic E-state index is 12.1. The van der Waals surface area contributed by atoms with Crippen LogP contribution in [0.1, 0.15) is 39.2 Å². The number of benzene rings is 1. The lowest BCUT2D eigenvalue weighted by Gasteiger charge is -2.36. The zero-order chi connectivity index (χ0) is 19.2. The molecule has 1 amide bonds. The zero-order valence-corrected chi connectivity index (χ0v) is 15.8. The van der Waals surface area contributed by atoms with E-state index in [0.717, 1.165) is 24.3 Å². The van der Waals surface area contributed by atoms with Gasteiger partial charge in [0.2, 0.25) is 0 Å². The molecule has 2 rings (SSSR count). The number of nitrogens with zero attached hydrogens (tertiary/aromatic N) is 2. The summed E-state index contributed by atoms with van der Waals surface area (Å²) in [5, 5.41) is 8.63. The fourth-order valence-corrected chi connectivity index (χ4v) is 2.70. The summed E-state index contributed by atoms with van der Waals surface area (Å²) < 4.78 is 5.42. The van der Waals surface area contributed by atoms with Crippen LogP contribution in [0, 0.1) is 0 Å². The predicted molar refractivity (Wildman–Crippen MR) is 102 cm³/mol. The van der Waals surface area contributed by atoms with E-state index in [1.807, 2.05) is 45.1 Å². The molecule has 1 saturated heterocycles. The maximum Gasteiger partial charge on any atom is 0.410 e. The van der Waals surface area contributed by atoms with E-state index in [1.54, 1.807) is 4.90 Å². The highest BCUT2D eigenvalue weighted by atomic mass is 16.6. The smallest absolute Gasteiger partial charge is 0.410 e. The number of hydrogen-bond donors (Lipinski definition) is 1. The minimum absolute atomic E-state index is 0.149. The molecule has 6 nitrogen and oxygen atoms in total. The molecule has 142 valence electrons. The van der Waals surface area contributed by atoms with Crippen LogP contribution in [0.2, 0.25) is 0 Å². The Morgan fingerprint density at radius 1 is 1.12 bits per heavy atom. The third-order valence-electron chi connectivity index (χ3n) is 4.02. The van der Waals surface area contributed by atoms with E-state index in [4.69, 9.17) is 9.84 Å². The molecule has 0 unspecified atom stereocenters. The second-order valence-corrected chi connectivity index (χ2v) is 7.38. The summed E-state index contributed by atoms with van der Waals surface area (Å²) in [6, 6.07) is 8.15. The zero-order valence-electron chi connectivity index (χ0n) is 15.8. The molecular weight excluding hydrogens is 332 g/mol. The number of anilines is 1. The van der Waals surface area contributed by atoms with Gasteiger partial charge in [0.1, 0.15) is 5.60 Å². The molecule has 0 aromatic heterocycles. The first kappa shape index (κ1) is 19.8. The lowest BCUT2D eigenvalue weighted by Crippen LogP contribution is -2.50. The van der Waals surface area contributed by atoms with Crippen molar-refractivity contribution in [3.05, 3.63) is 35.9 Å². The molecule has 1 fully saturated rings. The molecule has 1 aliphatic heterocycles. The van der Waals surface area contributed by atoms with Crippen molar-refractivity contribution in [2.24, 2.45) is 0 Å². The number of hydrogen-bond acceptors (Lipinski definition) is 4. The molecule has 0 spiro atoms. The molecule has 1 aliphatic rings. The first-order valence-corrected chi connectivity index (χ1v) is 8.96. The van der Waals surface area contributed by atoms with E-state index in [1.165, 1.54) is 0 Å². The van der Waals surface area contributed by atoms with Gasteiger partial charge < -0.3 is 19.6 Å². The van der Waals surface area contributed by atoms with Crippen LogP contribution in [0.4, 0.5) is 10.5 Å². The Balaban J connectivity index is 1.84. The van der Waals surface area contributed by atoms with Gasteiger partial charge in [-0.3, -0.25) is 4.79 Å². The van der Waals surface area contributed by atoms with Crippen LogP contribution in [0.25, 0.3) is 6.08 Å². The van der Waals surface area contributed by atoms with Crippen molar-refractivity contribution >= 4 is 23.8 Å². The Morgan fingerprint density at radius 3 is 2.27 bits per heavy atom. The van der Waals surface area contributed by atoms with Crippen molar-refractivity contribution in [2.75, 3.05) is 31.1 Å². The number of ether oxygens (including phenoxy) is 1. The first-order chi connectivity index (χ1) is 12.2. The molecule has 0 atom stereocenters. The molecule has 1 aromatic rings. The molecule has 26 heavy (non-hydrogen) atoms. The highest BCUT2D eigenvalue weighted by Crippen LogP contribution is 2.19. The number of carboxylic acid groups (broad SMARTS) is 1. The van der Waals surface area contributed by atoms with Gasteiger partial charge in [-0.05, 0) is 44.9 Å². The van der Waals surface area contributed by atoms with Crippen LogP contribution >= 0.6 is 0 Å². The highest BCUT2D eigenvalue weighted by molar-refractivity contribution is 5.69. The number of aliphatic carboxylic acids is 1. The minimum atomic E-state index is -0.782. The molecule has 0 bridgehead atoms. The monoisotopic (exact) mass is 360 g/mol. The van der Waals surface area contributed by atoms with Crippen molar-refractivity contribution < 1.29 is 19.4 Å². The van der Waals surface area contributed by atoms with Crippen molar-refractivity contribution in [3.8, 4) is 0 Å². The predicted octanol–water partition coefficient (Wildman–Crippen LogP) is 3.62. The summed E-state index contributed by atoms with van der Waals surface area (Å²) in [6.45, 7) is 8.45. The second kappa shape index (κ2) is 8.74. The molecule has 0 saturated carbocycles. The maximum atomic E-state index is 12.1. The summed E-state index contributed by atoms with van der Waals surface area (Å²) in [4.78, 5) is 26.6. The van der Waals surface area contributed by atoms with Crippen molar-refractivity contribution in [1.29, 1.82) is 0 Å². The average Bonchev–Trinajstić information content (AvgIpc) is 2.58. The third kappa shape index (κ3) is 6.43. The second-order valence-electron chi connectivity index (χ2n) is 7.38. The lowest BCUT2D eigenvalue weighted by atomic mass is 10.1. The van der Waals surface area contributed by atoms with Gasteiger partial charge in [0.05, 0.1) is 0 Å². The third-order valence-corrected chi connectivity index (χ3v) is 4.02. The largest absolute Gasteiger partial charge is 0.481 e. The molecular formula is C20H28N2O4. The molecule has 6 heteroatoms. The highest BCUT2D eigenvalue weighted by Gasteiger charge is 2.25. The Morgan fingerprint density at radius 2 is 1.73 bits per heavy atom. The van der Waals surface area contributed by atoms with E-state index < -0.39 is 11.6 Å². The van der Waals surface area contributed by atoms with E-state index in [0.29, 0.717) is 19.5 Å². The summed E-state index contributed by atoms with van der Waals surface area (Å²) >= 11 is 0. The van der Waals surface area contributed by atoms with Crippen LogP contribution < -0.4 is 4.90 Å². The Hall–Kier alpha value is -2.50. The van der Waals surface area contributed by atoms with Gasteiger partial charge in [0.15, 0.2) is 0 Å². The van der Waals surface area contributed by atoms with Gasteiger partial charge in [0.25, 0.3) is 0 Å². The van der Waals surface area contributed by atoms with Gasteiger partial charge >= 0.3 is 12.1 Å². The normalized spacial score (nSPS) is 15.3. The molecule has 1 N–H and O–H groups in total. The van der Waals surface area contributed by atoms with Gasteiger partial charge in [-0.2, -0.15) is 0 Å². The van der Waals surface area contributed by atoms with Crippen LogP contribution in [0.5, 0.6) is 0 Å². The first-order valence-electron chi connectivity index (χ1n) is 8.96. The fourth-order valence-electron chi connectivity index (χ4n) is 2.70. The lowest BCUT2D eigenvalue weighted by molar-refractivity contribution is -0.136. The number of piperazine rings is 1. The summed E-state index contributed by atoms with van der Waals surface area (Å²) in [6.07, 6.45) is 4.25. The molecule has 1 aromatic carbocycles. The van der Waals surface area contributed by atoms with Gasteiger partial charge in [-0.25, -0.2) is 4.79 Å². The Labute approximate surface area is 155 Å². The van der Waals surface area contributed by atoms with Gasteiger partial charge in [-0.1, -0.05) is 24.3 Å². The van der Waals surface area contributed by atoms with Gasteiger partial charge in [0, 0.05) is 38.3 Å². The van der Waals surface area contributed by atoms with Crippen LogP contribution in [0.3, 0.4) is 0 Å². The SMILES string of the molecule is CC(C)(C)OC(=O)N1CCN(c2ccc(C=CCCC(=O)O)cc2)CC1. The Kier molecular flexibility index (Phi) is 6.66. The number of allylic oxidation sites excluding steroid dienone is 1. The number of amides is 1. The minimum Gasteiger partial charge on any atom is -0.481 e. The van der Waals surface area contributed by atoms with Crippen LogP contribution in [-0.2, 0) is 9.53 Å². The van der Waals surface area contributed by atoms with Crippen molar-refractivity contribution in [2.45, 2.75) is 39.2 Å². The van der Waals surface area contributed by atoms with E-state index >= 15 is 0 Å². The van der Waals surface area contributed by atoms with Crippen molar-refractivity contribution in [1.82, 2.24) is 4.90 Å². The van der Waals surface area contributed by atoms with E-state index in [-0.39, 0.29) is 12.5 Å². The number of carbonyl (C=O) groups excluding carboxylic acids is 1. The molecule has 0 aliphatic carbocycles. The summed E-state index contributed by atoms with van der Waals surface area (Å²) in [5.74, 6) is -0.782. The average molecular weight is 360 g/mol. The van der Waals surface area contributed by atoms with Crippen LogP contribution in [-0.4, -0.2) is 53.8 Å². The fraction of sp³-hybridized carbons (Fsp3) is 0.500. The standard InChI is InChI=1S/C20H28N2O4/c1-20(2,3)26-19(25)22-14-12-21(13-15-22)17-10-8-16(9-11-17)6-4-5-7-18(23)24/h4,6,8-11H,5,7,12-15H2,1-3H3,(H,23,24). The summed E-state index contributed by atoms with van der Waals surface area (Å²) in [5.41, 5.74) is 1.70. The van der Waals surface area contributed by atoms with E-state index in [2.05, 4.69) is 17.0 Å². The number of rotatable bonds is 5. The molecule has 0 radical (unpaired) electrons. The van der Waals surface area contributed by atoms with Crippen LogP contribution in [0.15, 0.2) is 30.3 Å². The number of carbonyl (C=O) groups is 2. The Bertz CT molecular complexity index is 639. The quantitative estimate of drug-likeness (QED) is 0.868. The van der Waals surface area contributed by atoms with Crippen molar-refractivity contribution in [3.63, 3.8) is 0 Å². The summed E-state index contributed by atoms with van der Waals surface area (Å²) in [7, 11) is 0. The van der Waals surface area contributed by atoms with Gasteiger partial charge in [-0.15, -0.1) is 0 Å². The van der Waals surface area contributed by atoms with E-state index in [9.17, 15) is 9.59 Å². The topological polar surface area (TPSA) is 70.1 Å². The molecule has 1 heterocycles.